The first-order chi connectivity index (χ1) is 12.1. The number of benzene rings is 2. The van der Waals surface area contributed by atoms with E-state index in [0.29, 0.717) is 18.0 Å². The van der Waals surface area contributed by atoms with Crippen LogP contribution in [0.5, 0.6) is 0 Å². The number of fused-ring (bicyclic) bond motifs is 1. The van der Waals surface area contributed by atoms with Crippen LogP contribution in [0.4, 0.5) is 0 Å². The minimum Gasteiger partial charge on any atom is -0.361 e. The summed E-state index contributed by atoms with van der Waals surface area (Å²) in [5.41, 5.74) is 3.19. The van der Waals surface area contributed by atoms with Gasteiger partial charge in [0.1, 0.15) is 5.76 Å². The monoisotopic (exact) mass is 331 g/mol. The summed E-state index contributed by atoms with van der Waals surface area (Å²) in [6.45, 7) is 4.13. The molecule has 0 fully saturated rings. The van der Waals surface area contributed by atoms with Crippen molar-refractivity contribution in [1.82, 2.24) is 14.9 Å². The van der Waals surface area contributed by atoms with E-state index >= 15 is 0 Å². The summed E-state index contributed by atoms with van der Waals surface area (Å²) >= 11 is 0. The molecule has 2 heterocycles. The van der Waals surface area contributed by atoms with E-state index in [2.05, 4.69) is 34.5 Å². The predicted molar refractivity (Wildman–Crippen MR) is 96.5 cm³/mol. The third-order valence-corrected chi connectivity index (χ3v) is 4.30. The average molecular weight is 331 g/mol. The van der Waals surface area contributed by atoms with Crippen molar-refractivity contribution in [2.24, 2.45) is 0 Å². The van der Waals surface area contributed by atoms with Gasteiger partial charge in [0.2, 0.25) is 0 Å². The second-order valence-corrected chi connectivity index (χ2v) is 6.10. The van der Waals surface area contributed by atoms with Gasteiger partial charge in [-0.25, -0.2) is 4.68 Å². The van der Waals surface area contributed by atoms with E-state index in [1.165, 1.54) is 16.1 Å². The van der Waals surface area contributed by atoms with Crippen molar-refractivity contribution in [3.8, 4) is 11.3 Å². The van der Waals surface area contributed by atoms with E-state index < -0.39 is 0 Å². The van der Waals surface area contributed by atoms with Crippen molar-refractivity contribution in [2.75, 3.05) is 0 Å². The van der Waals surface area contributed by atoms with Crippen LogP contribution in [-0.2, 0) is 6.54 Å². The first-order valence-corrected chi connectivity index (χ1v) is 8.11. The number of nitrogens with zero attached hydrogens (tertiary/aromatic N) is 3. The molecular formula is C20H17N3O2. The molecule has 0 aliphatic carbocycles. The summed E-state index contributed by atoms with van der Waals surface area (Å²) in [5, 5.41) is 10.8. The summed E-state index contributed by atoms with van der Waals surface area (Å²) in [6.07, 6.45) is 0. The Bertz CT molecular complexity index is 1110. The highest BCUT2D eigenvalue weighted by atomic mass is 16.5. The van der Waals surface area contributed by atoms with Crippen LogP contribution in [0.15, 0.2) is 63.9 Å². The van der Waals surface area contributed by atoms with Gasteiger partial charge < -0.3 is 4.52 Å². The Labute approximate surface area is 144 Å². The van der Waals surface area contributed by atoms with E-state index in [1.807, 2.05) is 32.0 Å². The van der Waals surface area contributed by atoms with Crippen molar-refractivity contribution in [2.45, 2.75) is 20.4 Å². The molecule has 0 radical (unpaired) electrons. The largest absolute Gasteiger partial charge is 0.361 e. The summed E-state index contributed by atoms with van der Waals surface area (Å²) < 4.78 is 6.69. The normalized spacial score (nSPS) is 11.1. The Balaban J connectivity index is 1.74. The van der Waals surface area contributed by atoms with Gasteiger partial charge in [0.15, 0.2) is 0 Å². The Kier molecular flexibility index (Phi) is 3.69. The van der Waals surface area contributed by atoms with Crippen molar-refractivity contribution >= 4 is 10.8 Å². The Morgan fingerprint density at radius 2 is 1.80 bits per heavy atom. The van der Waals surface area contributed by atoms with Gasteiger partial charge in [0.05, 0.1) is 23.5 Å². The highest BCUT2D eigenvalue weighted by Crippen LogP contribution is 2.24. The number of aryl methyl sites for hydroxylation is 2. The van der Waals surface area contributed by atoms with Crippen LogP contribution in [-0.4, -0.2) is 14.9 Å². The number of rotatable bonds is 3. The van der Waals surface area contributed by atoms with E-state index in [-0.39, 0.29) is 5.56 Å². The number of hydrogen-bond donors (Lipinski definition) is 0. The molecule has 2 aromatic carbocycles. The molecule has 4 aromatic rings. The van der Waals surface area contributed by atoms with Crippen LogP contribution in [0, 0.1) is 13.8 Å². The second kappa shape index (κ2) is 6.02. The molecule has 2 aromatic heterocycles. The van der Waals surface area contributed by atoms with Crippen LogP contribution in [0.2, 0.25) is 0 Å². The Hall–Kier alpha value is -3.21. The lowest BCUT2D eigenvalue weighted by Gasteiger charge is -2.08. The lowest BCUT2D eigenvalue weighted by Crippen LogP contribution is -2.22. The lowest BCUT2D eigenvalue weighted by atomic mass is 10.1. The molecule has 0 aliphatic rings. The first-order valence-electron chi connectivity index (χ1n) is 8.11. The summed E-state index contributed by atoms with van der Waals surface area (Å²) in [5.74, 6) is 0.695. The fraction of sp³-hybridized carbons (Fsp3) is 0.150. The van der Waals surface area contributed by atoms with Gasteiger partial charge in [-0.2, -0.15) is 5.10 Å². The molecule has 5 heteroatoms. The molecule has 4 rings (SSSR count). The standard InChI is InChI=1S/C20H17N3O2/c1-13-20(14(2)25-22-13)18-9-10-19(24)23(21-18)12-15-7-8-16-5-3-4-6-17(16)11-15/h3-11H,12H2,1-2H3. The number of aromatic nitrogens is 3. The van der Waals surface area contributed by atoms with Gasteiger partial charge in [-0.1, -0.05) is 41.6 Å². The van der Waals surface area contributed by atoms with Crippen LogP contribution >= 0.6 is 0 Å². The minimum absolute atomic E-state index is 0.135. The average Bonchev–Trinajstić information content (AvgIpc) is 2.95. The zero-order valence-corrected chi connectivity index (χ0v) is 14.1. The molecule has 0 spiro atoms. The fourth-order valence-electron chi connectivity index (χ4n) is 3.05. The Morgan fingerprint density at radius 3 is 2.56 bits per heavy atom. The molecule has 25 heavy (non-hydrogen) atoms. The minimum atomic E-state index is -0.135. The highest BCUT2D eigenvalue weighted by Gasteiger charge is 2.14. The summed E-state index contributed by atoms with van der Waals surface area (Å²) in [4.78, 5) is 12.2. The Morgan fingerprint density at radius 1 is 1.00 bits per heavy atom. The summed E-state index contributed by atoms with van der Waals surface area (Å²) in [6, 6.07) is 17.6. The molecule has 5 nitrogen and oxygen atoms in total. The van der Waals surface area contributed by atoms with Crippen LogP contribution in [0.3, 0.4) is 0 Å². The molecule has 0 amide bonds. The van der Waals surface area contributed by atoms with E-state index in [0.717, 1.165) is 22.2 Å². The SMILES string of the molecule is Cc1noc(C)c1-c1ccc(=O)n(Cc2ccc3ccccc3c2)n1. The summed E-state index contributed by atoms with van der Waals surface area (Å²) in [7, 11) is 0. The van der Waals surface area contributed by atoms with Crippen LogP contribution in [0.25, 0.3) is 22.0 Å². The van der Waals surface area contributed by atoms with Crippen molar-refractivity contribution in [3.63, 3.8) is 0 Å². The molecule has 0 aliphatic heterocycles. The molecule has 0 saturated heterocycles. The third kappa shape index (κ3) is 2.85. The van der Waals surface area contributed by atoms with Crippen LogP contribution in [0.1, 0.15) is 17.0 Å². The number of hydrogen-bond acceptors (Lipinski definition) is 4. The van der Waals surface area contributed by atoms with Gasteiger partial charge in [-0.05, 0) is 42.3 Å². The molecule has 0 saturated carbocycles. The van der Waals surface area contributed by atoms with E-state index in [1.54, 1.807) is 6.07 Å². The van der Waals surface area contributed by atoms with E-state index in [4.69, 9.17) is 4.52 Å². The molecule has 0 N–H and O–H groups in total. The smallest absolute Gasteiger partial charge is 0.267 e. The topological polar surface area (TPSA) is 60.9 Å². The molecule has 0 bridgehead atoms. The van der Waals surface area contributed by atoms with Gasteiger partial charge in [-0.15, -0.1) is 0 Å². The lowest BCUT2D eigenvalue weighted by molar-refractivity contribution is 0.393. The van der Waals surface area contributed by atoms with Crippen LogP contribution < -0.4 is 5.56 Å². The van der Waals surface area contributed by atoms with Crippen molar-refractivity contribution in [3.05, 3.63) is 82.0 Å². The van der Waals surface area contributed by atoms with Gasteiger partial charge in [0, 0.05) is 6.07 Å². The molecular weight excluding hydrogens is 314 g/mol. The van der Waals surface area contributed by atoms with Crippen molar-refractivity contribution in [1.29, 1.82) is 0 Å². The maximum Gasteiger partial charge on any atom is 0.267 e. The van der Waals surface area contributed by atoms with Gasteiger partial charge in [0.25, 0.3) is 5.56 Å². The third-order valence-electron chi connectivity index (χ3n) is 4.30. The first kappa shape index (κ1) is 15.3. The van der Waals surface area contributed by atoms with Crippen molar-refractivity contribution < 1.29 is 4.52 Å². The fourth-order valence-corrected chi connectivity index (χ4v) is 3.05. The maximum absolute atomic E-state index is 12.2. The zero-order valence-electron chi connectivity index (χ0n) is 14.1. The zero-order chi connectivity index (χ0) is 17.4. The quantitative estimate of drug-likeness (QED) is 0.574. The van der Waals surface area contributed by atoms with Gasteiger partial charge in [-0.3, -0.25) is 4.79 Å². The molecule has 0 unspecified atom stereocenters. The van der Waals surface area contributed by atoms with E-state index in [9.17, 15) is 4.79 Å². The van der Waals surface area contributed by atoms with Gasteiger partial charge >= 0.3 is 0 Å². The molecule has 124 valence electrons. The predicted octanol–water partition coefficient (Wildman–Crippen LogP) is 3.72. The maximum atomic E-state index is 12.2. The second-order valence-electron chi connectivity index (χ2n) is 6.10. The molecule has 0 atom stereocenters. The highest BCUT2D eigenvalue weighted by molar-refractivity contribution is 5.83.